The summed E-state index contributed by atoms with van der Waals surface area (Å²) in [6, 6.07) is 3.88. The molecule has 1 heterocycles. The van der Waals surface area contributed by atoms with Crippen molar-refractivity contribution >= 4 is 29.4 Å². The molecule has 2 aliphatic carbocycles. The van der Waals surface area contributed by atoms with Crippen LogP contribution in [0, 0.1) is 17.2 Å². The monoisotopic (exact) mass is 463 g/mol. The zero-order valence-corrected chi connectivity index (χ0v) is 19.7. The largest absolute Gasteiger partial charge is 0.334 e. The molecule has 3 aliphatic rings. The van der Waals surface area contributed by atoms with Gasteiger partial charge in [0, 0.05) is 16.6 Å². The third kappa shape index (κ3) is 4.36. The molecule has 3 fully saturated rings. The van der Waals surface area contributed by atoms with Crippen molar-refractivity contribution in [1.29, 1.82) is 0 Å². The topological polar surface area (TPSA) is 69.7 Å². The predicted octanol–water partition coefficient (Wildman–Crippen LogP) is 4.50. The highest BCUT2D eigenvalue weighted by molar-refractivity contribution is 6.31. The van der Waals surface area contributed by atoms with Gasteiger partial charge in [-0.25, -0.2) is 9.18 Å². The zero-order valence-electron chi connectivity index (χ0n) is 18.9. The molecule has 0 aromatic heterocycles. The van der Waals surface area contributed by atoms with E-state index in [9.17, 15) is 18.8 Å². The Kier molecular flexibility index (Phi) is 5.99. The molecule has 6 nitrogen and oxygen atoms in total. The summed E-state index contributed by atoms with van der Waals surface area (Å²) in [5, 5.41) is 3.14. The van der Waals surface area contributed by atoms with Gasteiger partial charge in [0.1, 0.15) is 17.9 Å². The fourth-order valence-electron chi connectivity index (χ4n) is 5.02. The second-order valence-electron chi connectivity index (χ2n) is 10.5. The Labute approximate surface area is 193 Å². The van der Waals surface area contributed by atoms with Gasteiger partial charge in [-0.1, -0.05) is 38.4 Å². The van der Waals surface area contributed by atoms with E-state index in [1.54, 1.807) is 11.0 Å². The van der Waals surface area contributed by atoms with Gasteiger partial charge in [0.25, 0.3) is 5.91 Å². The SMILES string of the molecule is CC(C)(C)C1CCC2(CC1)NC(=O)N(CC(=O)N(Cc1c(F)cccc1Cl)C1CC1)C2=O. The van der Waals surface area contributed by atoms with Crippen molar-refractivity contribution in [2.75, 3.05) is 6.54 Å². The van der Waals surface area contributed by atoms with E-state index in [4.69, 9.17) is 11.6 Å². The van der Waals surface area contributed by atoms with Gasteiger partial charge < -0.3 is 10.2 Å². The molecule has 1 aromatic rings. The number of halogens is 2. The molecule has 0 unspecified atom stereocenters. The summed E-state index contributed by atoms with van der Waals surface area (Å²) in [6.07, 6.45) is 4.52. The van der Waals surface area contributed by atoms with Crippen LogP contribution in [-0.2, 0) is 16.1 Å². The molecular formula is C24H31ClFN3O3. The molecule has 1 aromatic carbocycles. The first kappa shape index (κ1) is 23.0. The Balaban J connectivity index is 1.45. The normalized spacial score (nSPS) is 25.9. The maximum atomic E-state index is 14.3. The summed E-state index contributed by atoms with van der Waals surface area (Å²) in [4.78, 5) is 41.7. The van der Waals surface area contributed by atoms with Crippen LogP contribution in [-0.4, -0.2) is 45.8 Å². The number of nitrogens with zero attached hydrogens (tertiary/aromatic N) is 2. The van der Waals surface area contributed by atoms with Gasteiger partial charge in [-0.05, 0) is 62.0 Å². The molecule has 32 heavy (non-hydrogen) atoms. The molecule has 2 saturated carbocycles. The second kappa shape index (κ2) is 8.32. The Morgan fingerprint density at radius 3 is 2.44 bits per heavy atom. The Hall–Kier alpha value is -2.15. The molecule has 174 valence electrons. The Morgan fingerprint density at radius 2 is 1.88 bits per heavy atom. The van der Waals surface area contributed by atoms with Crippen LogP contribution in [0.25, 0.3) is 0 Å². The molecule has 4 rings (SSSR count). The molecule has 1 saturated heterocycles. The summed E-state index contributed by atoms with van der Waals surface area (Å²) < 4.78 is 14.3. The fraction of sp³-hybridized carbons (Fsp3) is 0.625. The summed E-state index contributed by atoms with van der Waals surface area (Å²) >= 11 is 6.15. The van der Waals surface area contributed by atoms with Crippen LogP contribution in [0.5, 0.6) is 0 Å². The number of hydrogen-bond donors (Lipinski definition) is 1. The number of rotatable bonds is 5. The van der Waals surface area contributed by atoms with Crippen LogP contribution < -0.4 is 5.32 Å². The van der Waals surface area contributed by atoms with Crippen LogP contribution >= 0.6 is 11.6 Å². The lowest BCUT2D eigenvalue weighted by Gasteiger charge is -2.40. The average Bonchev–Trinajstić information content (AvgIpc) is 3.52. The van der Waals surface area contributed by atoms with Crippen molar-refractivity contribution in [3.63, 3.8) is 0 Å². The number of urea groups is 1. The number of hydrogen-bond acceptors (Lipinski definition) is 3. The number of benzene rings is 1. The van der Waals surface area contributed by atoms with Gasteiger partial charge in [0.15, 0.2) is 0 Å². The van der Waals surface area contributed by atoms with E-state index in [2.05, 4.69) is 26.1 Å². The van der Waals surface area contributed by atoms with Crippen molar-refractivity contribution in [3.8, 4) is 0 Å². The summed E-state index contributed by atoms with van der Waals surface area (Å²) in [6.45, 7) is 6.28. The highest BCUT2D eigenvalue weighted by Gasteiger charge is 2.54. The third-order valence-corrected chi connectivity index (χ3v) is 7.66. The highest BCUT2D eigenvalue weighted by Crippen LogP contribution is 2.43. The summed E-state index contributed by atoms with van der Waals surface area (Å²) in [7, 11) is 0. The minimum atomic E-state index is -0.904. The predicted molar refractivity (Wildman–Crippen MR) is 119 cm³/mol. The van der Waals surface area contributed by atoms with Gasteiger partial charge in [-0.3, -0.25) is 14.5 Å². The summed E-state index contributed by atoms with van der Waals surface area (Å²) in [5.74, 6) is -0.663. The quantitative estimate of drug-likeness (QED) is 0.654. The summed E-state index contributed by atoms with van der Waals surface area (Å²) in [5.41, 5.74) is -0.497. The maximum absolute atomic E-state index is 14.3. The molecule has 1 spiro atoms. The average molecular weight is 464 g/mol. The van der Waals surface area contributed by atoms with Crippen LogP contribution in [0.15, 0.2) is 18.2 Å². The van der Waals surface area contributed by atoms with E-state index < -0.39 is 17.4 Å². The first-order chi connectivity index (χ1) is 15.0. The molecular weight excluding hydrogens is 433 g/mol. The lowest BCUT2D eigenvalue weighted by Crippen LogP contribution is -2.51. The van der Waals surface area contributed by atoms with E-state index >= 15 is 0 Å². The van der Waals surface area contributed by atoms with Crippen molar-refractivity contribution in [1.82, 2.24) is 15.1 Å². The van der Waals surface area contributed by atoms with Gasteiger partial charge in [-0.2, -0.15) is 0 Å². The number of nitrogens with one attached hydrogen (secondary N) is 1. The first-order valence-corrected chi connectivity index (χ1v) is 11.8. The van der Waals surface area contributed by atoms with E-state index in [1.165, 1.54) is 12.1 Å². The number of carbonyl (C=O) groups is 3. The van der Waals surface area contributed by atoms with Crippen molar-refractivity contribution in [2.45, 2.75) is 77.4 Å². The van der Waals surface area contributed by atoms with E-state index in [0.29, 0.717) is 18.8 Å². The standard InChI is InChI=1S/C24H31ClFN3O3/c1-23(2,3)15-9-11-24(12-10-15)21(31)29(22(32)27-24)14-20(30)28(16-7-8-16)13-17-18(25)5-4-6-19(17)26/h4-6,15-16H,7-14H2,1-3H3,(H,27,32). The van der Waals surface area contributed by atoms with E-state index in [-0.39, 0.29) is 46.9 Å². The molecule has 1 aliphatic heterocycles. The number of carbonyl (C=O) groups excluding carboxylic acids is 3. The van der Waals surface area contributed by atoms with E-state index in [0.717, 1.165) is 30.6 Å². The van der Waals surface area contributed by atoms with Crippen LogP contribution in [0.1, 0.15) is 64.9 Å². The van der Waals surface area contributed by atoms with Crippen molar-refractivity contribution in [2.24, 2.45) is 11.3 Å². The molecule has 8 heteroatoms. The van der Waals surface area contributed by atoms with Crippen LogP contribution in [0.4, 0.5) is 9.18 Å². The first-order valence-electron chi connectivity index (χ1n) is 11.4. The Morgan fingerprint density at radius 1 is 1.22 bits per heavy atom. The van der Waals surface area contributed by atoms with E-state index in [1.807, 2.05) is 0 Å². The smallest absolute Gasteiger partial charge is 0.325 e. The lowest BCUT2D eigenvalue weighted by atomic mass is 9.67. The van der Waals surface area contributed by atoms with Gasteiger partial charge in [0.05, 0.1) is 6.54 Å². The van der Waals surface area contributed by atoms with Gasteiger partial charge in [0.2, 0.25) is 5.91 Å². The Bertz CT molecular complexity index is 913. The lowest BCUT2D eigenvalue weighted by molar-refractivity contribution is -0.140. The van der Waals surface area contributed by atoms with Crippen LogP contribution in [0.3, 0.4) is 0 Å². The highest BCUT2D eigenvalue weighted by atomic mass is 35.5. The molecule has 1 N–H and O–H groups in total. The van der Waals surface area contributed by atoms with Crippen molar-refractivity contribution in [3.05, 3.63) is 34.6 Å². The minimum absolute atomic E-state index is 0.0184. The number of imide groups is 1. The van der Waals surface area contributed by atoms with Crippen LogP contribution in [0.2, 0.25) is 5.02 Å². The third-order valence-electron chi connectivity index (χ3n) is 7.30. The van der Waals surface area contributed by atoms with Crippen molar-refractivity contribution < 1.29 is 18.8 Å². The molecule has 0 bridgehead atoms. The minimum Gasteiger partial charge on any atom is -0.334 e. The molecule has 0 radical (unpaired) electrons. The second-order valence-corrected chi connectivity index (χ2v) is 10.9. The molecule has 0 atom stereocenters. The molecule has 4 amide bonds. The van der Waals surface area contributed by atoms with Gasteiger partial charge in [-0.15, -0.1) is 0 Å². The fourth-order valence-corrected chi connectivity index (χ4v) is 5.25. The zero-order chi connectivity index (χ0) is 23.3. The van der Waals surface area contributed by atoms with Gasteiger partial charge >= 0.3 is 6.03 Å². The maximum Gasteiger partial charge on any atom is 0.325 e. The number of amides is 4.